The number of likely N-dealkylation sites (tertiary alicyclic amines) is 1. The highest BCUT2D eigenvalue weighted by Crippen LogP contribution is 2.50. The molecular weight excluding hydrogens is 326 g/mol. The summed E-state index contributed by atoms with van der Waals surface area (Å²) in [5.74, 6) is 1.67. The van der Waals surface area contributed by atoms with Crippen molar-refractivity contribution >= 4 is 0 Å². The third kappa shape index (κ3) is 3.71. The van der Waals surface area contributed by atoms with Crippen molar-refractivity contribution in [3.8, 4) is 11.5 Å². The SMILES string of the molecule is CCCCOc1cc([C@@]23CC[C@H](O)C=C2N(C)CC3)ccc1OC(C)C. The maximum atomic E-state index is 10.1. The van der Waals surface area contributed by atoms with E-state index in [1.165, 1.54) is 11.3 Å². The number of aliphatic hydroxyl groups excluding tert-OH is 1. The Balaban J connectivity index is 1.96. The number of hydrogen-bond donors (Lipinski definition) is 1. The Morgan fingerprint density at radius 3 is 2.81 bits per heavy atom. The zero-order valence-corrected chi connectivity index (χ0v) is 16.6. The number of benzene rings is 1. The fourth-order valence-corrected chi connectivity index (χ4v) is 4.20. The van der Waals surface area contributed by atoms with Crippen LogP contribution in [0.3, 0.4) is 0 Å². The molecule has 1 fully saturated rings. The van der Waals surface area contributed by atoms with Crippen molar-refractivity contribution in [3.05, 3.63) is 35.5 Å². The van der Waals surface area contributed by atoms with E-state index < -0.39 is 0 Å². The van der Waals surface area contributed by atoms with Gasteiger partial charge in [0.15, 0.2) is 11.5 Å². The first-order valence-electron chi connectivity index (χ1n) is 10.0. The normalized spacial score (nSPS) is 25.2. The Kier molecular flexibility index (Phi) is 5.81. The number of allylic oxidation sites excluding steroid dienone is 1. The Hall–Kier alpha value is -1.68. The predicted octanol–water partition coefficient (Wildman–Crippen LogP) is 4.26. The van der Waals surface area contributed by atoms with Gasteiger partial charge in [0.2, 0.25) is 0 Å². The molecule has 2 atom stereocenters. The molecule has 0 bridgehead atoms. The van der Waals surface area contributed by atoms with Crippen LogP contribution in [-0.2, 0) is 5.41 Å². The molecule has 1 aromatic carbocycles. The topological polar surface area (TPSA) is 41.9 Å². The monoisotopic (exact) mass is 359 g/mol. The molecule has 1 N–H and O–H groups in total. The molecular formula is C22H33NO3. The highest BCUT2D eigenvalue weighted by Gasteiger charge is 2.45. The van der Waals surface area contributed by atoms with Crippen molar-refractivity contribution in [1.82, 2.24) is 4.90 Å². The van der Waals surface area contributed by atoms with Crippen LogP contribution < -0.4 is 9.47 Å². The number of ether oxygens (including phenoxy) is 2. The number of unbranched alkanes of at least 4 members (excludes halogenated alkanes) is 1. The largest absolute Gasteiger partial charge is 0.490 e. The quantitative estimate of drug-likeness (QED) is 0.739. The zero-order chi connectivity index (χ0) is 18.7. The second kappa shape index (κ2) is 7.91. The van der Waals surface area contributed by atoms with Crippen LogP contribution in [0.15, 0.2) is 30.0 Å². The molecule has 26 heavy (non-hydrogen) atoms. The molecule has 1 aromatic rings. The third-order valence-corrected chi connectivity index (χ3v) is 5.61. The molecule has 0 unspecified atom stereocenters. The molecule has 0 aromatic heterocycles. The molecule has 1 aliphatic heterocycles. The molecule has 0 spiro atoms. The average Bonchev–Trinajstić information content (AvgIpc) is 2.94. The summed E-state index contributed by atoms with van der Waals surface area (Å²) >= 11 is 0. The fraction of sp³-hybridized carbons (Fsp3) is 0.636. The van der Waals surface area contributed by atoms with Crippen LogP contribution >= 0.6 is 0 Å². The third-order valence-electron chi connectivity index (χ3n) is 5.61. The lowest BCUT2D eigenvalue weighted by Gasteiger charge is -2.37. The molecule has 1 aliphatic carbocycles. The number of fused-ring (bicyclic) bond motifs is 1. The summed E-state index contributed by atoms with van der Waals surface area (Å²) in [6.45, 7) is 7.98. The molecule has 2 aliphatic rings. The molecule has 3 rings (SSSR count). The van der Waals surface area contributed by atoms with E-state index in [1.54, 1.807) is 0 Å². The number of aliphatic hydroxyl groups is 1. The van der Waals surface area contributed by atoms with Gasteiger partial charge in [0.1, 0.15) is 0 Å². The van der Waals surface area contributed by atoms with Crippen LogP contribution in [0, 0.1) is 0 Å². The van der Waals surface area contributed by atoms with Gasteiger partial charge in [0, 0.05) is 24.7 Å². The molecule has 4 nitrogen and oxygen atoms in total. The minimum atomic E-state index is -0.331. The van der Waals surface area contributed by atoms with E-state index in [-0.39, 0.29) is 17.6 Å². The number of hydrogen-bond acceptors (Lipinski definition) is 4. The van der Waals surface area contributed by atoms with Crippen LogP contribution in [0.1, 0.15) is 58.4 Å². The summed E-state index contributed by atoms with van der Waals surface area (Å²) < 4.78 is 12.1. The predicted molar refractivity (Wildman–Crippen MR) is 105 cm³/mol. The first-order valence-corrected chi connectivity index (χ1v) is 10.0. The molecule has 1 heterocycles. The Bertz CT molecular complexity index is 655. The van der Waals surface area contributed by atoms with Gasteiger partial charge < -0.3 is 19.5 Å². The van der Waals surface area contributed by atoms with Crippen molar-refractivity contribution in [2.75, 3.05) is 20.2 Å². The van der Waals surface area contributed by atoms with Gasteiger partial charge in [0.05, 0.1) is 18.8 Å². The fourth-order valence-electron chi connectivity index (χ4n) is 4.20. The zero-order valence-electron chi connectivity index (χ0n) is 16.6. The molecule has 0 saturated carbocycles. The smallest absolute Gasteiger partial charge is 0.161 e. The maximum absolute atomic E-state index is 10.1. The van der Waals surface area contributed by atoms with Crippen molar-refractivity contribution < 1.29 is 14.6 Å². The van der Waals surface area contributed by atoms with Crippen molar-refractivity contribution in [1.29, 1.82) is 0 Å². The van der Waals surface area contributed by atoms with E-state index >= 15 is 0 Å². The van der Waals surface area contributed by atoms with Crippen molar-refractivity contribution in [2.45, 2.75) is 70.5 Å². The number of nitrogens with zero attached hydrogens (tertiary/aromatic N) is 1. The maximum Gasteiger partial charge on any atom is 0.161 e. The van der Waals surface area contributed by atoms with Gasteiger partial charge in [-0.15, -0.1) is 0 Å². The lowest BCUT2D eigenvalue weighted by molar-refractivity contribution is 0.181. The van der Waals surface area contributed by atoms with Crippen LogP contribution in [-0.4, -0.2) is 42.4 Å². The minimum absolute atomic E-state index is 0.00674. The van der Waals surface area contributed by atoms with Gasteiger partial charge in [-0.25, -0.2) is 0 Å². The van der Waals surface area contributed by atoms with Crippen LogP contribution in [0.5, 0.6) is 11.5 Å². The van der Waals surface area contributed by atoms with Gasteiger partial charge in [0.25, 0.3) is 0 Å². The molecule has 4 heteroatoms. The summed E-state index contributed by atoms with van der Waals surface area (Å²) in [6, 6.07) is 6.43. The van der Waals surface area contributed by atoms with E-state index in [1.807, 2.05) is 19.9 Å². The van der Waals surface area contributed by atoms with Gasteiger partial charge in [-0.3, -0.25) is 0 Å². The van der Waals surface area contributed by atoms with Gasteiger partial charge in [-0.2, -0.15) is 0 Å². The van der Waals surface area contributed by atoms with Crippen molar-refractivity contribution in [2.24, 2.45) is 0 Å². The second-order valence-corrected chi connectivity index (χ2v) is 7.94. The molecule has 0 amide bonds. The van der Waals surface area contributed by atoms with Crippen LogP contribution in [0.25, 0.3) is 0 Å². The summed E-state index contributed by atoms with van der Waals surface area (Å²) in [5, 5.41) is 10.1. The van der Waals surface area contributed by atoms with Gasteiger partial charge in [-0.05, 0) is 63.3 Å². The van der Waals surface area contributed by atoms with E-state index in [2.05, 4.69) is 37.1 Å². The second-order valence-electron chi connectivity index (χ2n) is 7.94. The number of rotatable bonds is 7. The Morgan fingerprint density at radius 1 is 1.27 bits per heavy atom. The molecule has 0 radical (unpaired) electrons. The highest BCUT2D eigenvalue weighted by atomic mass is 16.5. The standard InChI is InChI=1S/C22H33NO3/c1-5-6-13-25-20-14-17(7-8-19(20)26-16(2)3)22-10-9-18(24)15-21(22)23(4)12-11-22/h7-8,14-16,18,24H,5-6,9-13H2,1-4H3/t18-,22-/m0/s1. The molecule has 1 saturated heterocycles. The Labute approximate surface area is 157 Å². The summed E-state index contributed by atoms with van der Waals surface area (Å²) in [6.07, 6.45) is 6.85. The van der Waals surface area contributed by atoms with Gasteiger partial charge in [-0.1, -0.05) is 19.4 Å². The van der Waals surface area contributed by atoms with Crippen molar-refractivity contribution in [3.63, 3.8) is 0 Å². The van der Waals surface area contributed by atoms with E-state index in [9.17, 15) is 5.11 Å². The highest BCUT2D eigenvalue weighted by molar-refractivity contribution is 5.49. The van der Waals surface area contributed by atoms with Gasteiger partial charge >= 0.3 is 0 Å². The first kappa shape index (κ1) is 19.1. The van der Waals surface area contributed by atoms with Crippen LogP contribution in [0.2, 0.25) is 0 Å². The average molecular weight is 360 g/mol. The van der Waals surface area contributed by atoms with E-state index in [0.29, 0.717) is 6.61 Å². The Morgan fingerprint density at radius 2 is 2.08 bits per heavy atom. The van der Waals surface area contributed by atoms with E-state index in [4.69, 9.17) is 9.47 Å². The first-order chi connectivity index (χ1) is 12.5. The minimum Gasteiger partial charge on any atom is -0.490 e. The number of likely N-dealkylation sites (N-methyl/N-ethyl adjacent to an activating group) is 1. The van der Waals surface area contributed by atoms with E-state index in [0.717, 1.165) is 50.1 Å². The van der Waals surface area contributed by atoms with Crippen LogP contribution in [0.4, 0.5) is 0 Å². The molecule has 144 valence electrons. The summed E-state index contributed by atoms with van der Waals surface area (Å²) in [5.41, 5.74) is 2.53. The lowest BCUT2D eigenvalue weighted by atomic mass is 9.70. The summed E-state index contributed by atoms with van der Waals surface area (Å²) in [4.78, 5) is 2.29. The lowest BCUT2D eigenvalue weighted by Crippen LogP contribution is -2.33. The summed E-state index contributed by atoms with van der Waals surface area (Å²) in [7, 11) is 2.13.